The maximum atomic E-state index is 12.3. The molecular formula is C15H22N4O. The normalized spacial score (nSPS) is 19.6. The number of pyridine rings is 1. The molecule has 0 atom stereocenters. The van der Waals surface area contributed by atoms with E-state index in [2.05, 4.69) is 9.88 Å². The molecule has 2 aliphatic heterocycles. The molecule has 1 aromatic heterocycles. The standard InChI is InChI=1S/C15H22N4O/c1-13-5-4-6-14(16-13)17-9-11-19(12-10-17)15(20)18-7-2-3-8-18/h4-6H,2-3,7-12H2,1H3. The summed E-state index contributed by atoms with van der Waals surface area (Å²) in [6, 6.07) is 6.32. The van der Waals surface area contributed by atoms with E-state index in [0.717, 1.165) is 63.6 Å². The molecule has 20 heavy (non-hydrogen) atoms. The van der Waals surface area contributed by atoms with Gasteiger partial charge in [-0.3, -0.25) is 0 Å². The lowest BCUT2D eigenvalue weighted by atomic mass is 10.3. The number of anilines is 1. The Morgan fingerprint density at radius 2 is 1.65 bits per heavy atom. The number of piperazine rings is 1. The molecule has 0 radical (unpaired) electrons. The first-order valence-electron chi connectivity index (χ1n) is 7.46. The lowest BCUT2D eigenvalue weighted by Gasteiger charge is -2.37. The molecule has 1 aromatic rings. The predicted molar refractivity (Wildman–Crippen MR) is 79.0 cm³/mol. The summed E-state index contributed by atoms with van der Waals surface area (Å²) in [5.74, 6) is 1.03. The maximum absolute atomic E-state index is 12.3. The van der Waals surface area contributed by atoms with Crippen LogP contribution < -0.4 is 4.90 Å². The van der Waals surface area contributed by atoms with E-state index in [1.807, 2.05) is 34.9 Å². The molecule has 2 amide bonds. The molecular weight excluding hydrogens is 252 g/mol. The van der Waals surface area contributed by atoms with E-state index in [1.165, 1.54) is 0 Å². The topological polar surface area (TPSA) is 39.7 Å². The SMILES string of the molecule is Cc1cccc(N2CCN(C(=O)N3CCCC3)CC2)n1. The number of nitrogens with zero attached hydrogens (tertiary/aromatic N) is 4. The van der Waals surface area contributed by atoms with Crippen molar-refractivity contribution in [3.63, 3.8) is 0 Å². The Kier molecular flexibility index (Phi) is 3.76. The Balaban J connectivity index is 1.58. The van der Waals surface area contributed by atoms with Gasteiger partial charge in [0.25, 0.3) is 0 Å². The number of urea groups is 1. The van der Waals surface area contributed by atoms with Crippen molar-refractivity contribution in [2.75, 3.05) is 44.2 Å². The minimum absolute atomic E-state index is 0.222. The number of carbonyl (C=O) groups is 1. The molecule has 0 aromatic carbocycles. The summed E-state index contributed by atoms with van der Waals surface area (Å²) in [5, 5.41) is 0. The van der Waals surface area contributed by atoms with Crippen molar-refractivity contribution in [3.8, 4) is 0 Å². The summed E-state index contributed by atoms with van der Waals surface area (Å²) in [6.07, 6.45) is 2.30. The van der Waals surface area contributed by atoms with Crippen LogP contribution in [0.15, 0.2) is 18.2 Å². The van der Waals surface area contributed by atoms with Crippen molar-refractivity contribution < 1.29 is 4.79 Å². The van der Waals surface area contributed by atoms with E-state index in [-0.39, 0.29) is 6.03 Å². The van der Waals surface area contributed by atoms with E-state index in [0.29, 0.717) is 0 Å². The number of carbonyl (C=O) groups excluding carboxylic acids is 1. The van der Waals surface area contributed by atoms with Crippen LogP contribution in [0.3, 0.4) is 0 Å². The molecule has 3 rings (SSSR count). The van der Waals surface area contributed by atoms with Gasteiger partial charge in [-0.25, -0.2) is 9.78 Å². The molecule has 0 saturated carbocycles. The van der Waals surface area contributed by atoms with Gasteiger partial charge in [0.05, 0.1) is 0 Å². The molecule has 2 saturated heterocycles. The zero-order valence-electron chi connectivity index (χ0n) is 12.1. The lowest BCUT2D eigenvalue weighted by Crippen LogP contribution is -2.52. The highest BCUT2D eigenvalue weighted by Crippen LogP contribution is 2.16. The number of aryl methyl sites for hydroxylation is 1. The molecule has 0 bridgehead atoms. The van der Waals surface area contributed by atoms with Crippen LogP contribution in [-0.4, -0.2) is 60.1 Å². The predicted octanol–water partition coefficient (Wildman–Crippen LogP) is 1.73. The van der Waals surface area contributed by atoms with Gasteiger partial charge < -0.3 is 14.7 Å². The lowest BCUT2D eigenvalue weighted by molar-refractivity contribution is 0.159. The highest BCUT2D eigenvalue weighted by atomic mass is 16.2. The number of likely N-dealkylation sites (tertiary alicyclic amines) is 1. The van der Waals surface area contributed by atoms with Crippen molar-refractivity contribution in [2.24, 2.45) is 0 Å². The van der Waals surface area contributed by atoms with Crippen molar-refractivity contribution in [1.82, 2.24) is 14.8 Å². The monoisotopic (exact) mass is 274 g/mol. The van der Waals surface area contributed by atoms with Crippen molar-refractivity contribution in [1.29, 1.82) is 0 Å². The second kappa shape index (κ2) is 5.69. The average Bonchev–Trinajstić information content (AvgIpc) is 3.01. The first-order chi connectivity index (χ1) is 9.74. The quantitative estimate of drug-likeness (QED) is 0.783. The Morgan fingerprint density at radius 1 is 1.00 bits per heavy atom. The van der Waals surface area contributed by atoms with Gasteiger partial charge in [-0.2, -0.15) is 0 Å². The fourth-order valence-electron chi connectivity index (χ4n) is 2.94. The average molecular weight is 274 g/mol. The van der Waals surface area contributed by atoms with Gasteiger partial charge in [-0.05, 0) is 31.9 Å². The van der Waals surface area contributed by atoms with E-state index in [9.17, 15) is 4.79 Å². The Morgan fingerprint density at radius 3 is 2.30 bits per heavy atom. The summed E-state index contributed by atoms with van der Waals surface area (Å²) in [6.45, 7) is 7.20. The van der Waals surface area contributed by atoms with Gasteiger partial charge >= 0.3 is 6.03 Å². The van der Waals surface area contributed by atoms with Gasteiger partial charge in [-0.15, -0.1) is 0 Å². The molecule has 5 heteroatoms. The second-order valence-corrected chi connectivity index (χ2v) is 5.59. The molecule has 0 aliphatic carbocycles. The summed E-state index contributed by atoms with van der Waals surface area (Å²) < 4.78 is 0. The zero-order valence-corrected chi connectivity index (χ0v) is 12.1. The Hall–Kier alpha value is -1.78. The van der Waals surface area contributed by atoms with Crippen LogP contribution in [0.4, 0.5) is 10.6 Å². The zero-order chi connectivity index (χ0) is 13.9. The van der Waals surface area contributed by atoms with Gasteiger partial charge in [0.1, 0.15) is 5.82 Å². The van der Waals surface area contributed by atoms with Crippen LogP contribution in [-0.2, 0) is 0 Å². The molecule has 0 N–H and O–H groups in total. The van der Waals surface area contributed by atoms with E-state index >= 15 is 0 Å². The number of amides is 2. The Bertz CT molecular complexity index is 477. The number of hydrogen-bond acceptors (Lipinski definition) is 3. The highest BCUT2D eigenvalue weighted by Gasteiger charge is 2.27. The van der Waals surface area contributed by atoms with Gasteiger partial charge in [-0.1, -0.05) is 6.07 Å². The third-order valence-corrected chi connectivity index (χ3v) is 4.12. The van der Waals surface area contributed by atoms with Crippen LogP contribution in [0.1, 0.15) is 18.5 Å². The molecule has 2 fully saturated rings. The molecule has 5 nitrogen and oxygen atoms in total. The van der Waals surface area contributed by atoms with Gasteiger partial charge in [0, 0.05) is 45.0 Å². The first kappa shape index (κ1) is 13.2. The number of aromatic nitrogens is 1. The first-order valence-corrected chi connectivity index (χ1v) is 7.46. The molecule has 0 spiro atoms. The third kappa shape index (κ3) is 2.71. The van der Waals surface area contributed by atoms with Crippen LogP contribution in [0.25, 0.3) is 0 Å². The van der Waals surface area contributed by atoms with E-state index in [1.54, 1.807) is 0 Å². The molecule has 0 unspecified atom stereocenters. The third-order valence-electron chi connectivity index (χ3n) is 4.12. The van der Waals surface area contributed by atoms with E-state index in [4.69, 9.17) is 0 Å². The fraction of sp³-hybridized carbons (Fsp3) is 0.600. The van der Waals surface area contributed by atoms with Gasteiger partial charge in [0.2, 0.25) is 0 Å². The summed E-state index contributed by atoms with van der Waals surface area (Å²) >= 11 is 0. The molecule has 108 valence electrons. The van der Waals surface area contributed by atoms with Gasteiger partial charge in [0.15, 0.2) is 0 Å². The number of rotatable bonds is 1. The molecule has 2 aliphatic rings. The van der Waals surface area contributed by atoms with Crippen LogP contribution in [0.2, 0.25) is 0 Å². The minimum Gasteiger partial charge on any atom is -0.353 e. The van der Waals surface area contributed by atoms with Crippen molar-refractivity contribution in [3.05, 3.63) is 23.9 Å². The molecule has 3 heterocycles. The summed E-state index contributed by atoms with van der Waals surface area (Å²) in [4.78, 5) is 23.1. The van der Waals surface area contributed by atoms with Crippen LogP contribution in [0, 0.1) is 6.92 Å². The fourth-order valence-corrected chi connectivity index (χ4v) is 2.94. The smallest absolute Gasteiger partial charge is 0.320 e. The van der Waals surface area contributed by atoms with Crippen LogP contribution >= 0.6 is 0 Å². The van der Waals surface area contributed by atoms with E-state index < -0.39 is 0 Å². The Labute approximate surface area is 120 Å². The highest BCUT2D eigenvalue weighted by molar-refractivity contribution is 5.75. The van der Waals surface area contributed by atoms with Crippen LogP contribution in [0.5, 0.6) is 0 Å². The summed E-state index contributed by atoms with van der Waals surface area (Å²) in [5.41, 5.74) is 1.04. The van der Waals surface area contributed by atoms with Crippen molar-refractivity contribution >= 4 is 11.8 Å². The largest absolute Gasteiger partial charge is 0.353 e. The summed E-state index contributed by atoms with van der Waals surface area (Å²) in [7, 11) is 0. The maximum Gasteiger partial charge on any atom is 0.320 e. The number of hydrogen-bond donors (Lipinski definition) is 0. The second-order valence-electron chi connectivity index (χ2n) is 5.59. The van der Waals surface area contributed by atoms with Crippen molar-refractivity contribution in [2.45, 2.75) is 19.8 Å². The minimum atomic E-state index is 0.222.